The Morgan fingerprint density at radius 1 is 1.33 bits per heavy atom. The summed E-state index contributed by atoms with van der Waals surface area (Å²) < 4.78 is 0. The van der Waals surface area contributed by atoms with Crippen LogP contribution in [0.2, 0.25) is 0 Å². The maximum absolute atomic E-state index is 11.9. The minimum atomic E-state index is -0.978. The van der Waals surface area contributed by atoms with Gasteiger partial charge in [-0.05, 0) is 12.5 Å². The van der Waals surface area contributed by atoms with Crippen LogP contribution in [-0.4, -0.2) is 22.1 Å². The molecule has 1 unspecified atom stereocenters. The van der Waals surface area contributed by atoms with Crippen LogP contribution in [0.25, 0.3) is 0 Å². The Morgan fingerprint density at radius 2 is 2.05 bits per heavy atom. The van der Waals surface area contributed by atoms with Crippen molar-refractivity contribution in [3.05, 3.63) is 47.0 Å². The number of aliphatic carboxylic acids is 1. The molecule has 0 aliphatic heterocycles. The second kappa shape index (κ2) is 6.85. The van der Waals surface area contributed by atoms with Crippen LogP contribution in [0.15, 0.2) is 36.5 Å². The molecule has 1 aromatic carbocycles. The molecule has 0 aliphatic carbocycles. The molecule has 0 spiro atoms. The topological polar surface area (TPSA) is 91.3 Å². The van der Waals surface area contributed by atoms with Crippen molar-refractivity contribution in [1.82, 2.24) is 10.3 Å². The molecule has 0 saturated heterocycles. The monoisotopic (exact) mass is 305 g/mol. The van der Waals surface area contributed by atoms with E-state index in [1.165, 1.54) is 11.3 Å². The number of aryl methyl sites for hydroxylation is 1. The van der Waals surface area contributed by atoms with Crippen molar-refractivity contribution in [1.29, 1.82) is 0 Å². The average Bonchev–Trinajstić information content (AvgIpc) is 2.83. The smallest absolute Gasteiger partial charge is 0.321 e. The van der Waals surface area contributed by atoms with Crippen LogP contribution in [0.1, 0.15) is 22.9 Å². The van der Waals surface area contributed by atoms with E-state index in [0.29, 0.717) is 5.13 Å². The molecule has 0 aliphatic rings. The summed E-state index contributed by atoms with van der Waals surface area (Å²) in [5, 5.41) is 14.7. The van der Waals surface area contributed by atoms with Crippen molar-refractivity contribution in [3.63, 3.8) is 0 Å². The third-order valence-electron chi connectivity index (χ3n) is 2.73. The number of carbonyl (C=O) groups excluding carboxylic acids is 1. The highest BCUT2D eigenvalue weighted by molar-refractivity contribution is 7.15. The fourth-order valence-electron chi connectivity index (χ4n) is 1.82. The summed E-state index contributed by atoms with van der Waals surface area (Å²) in [5.41, 5.74) is 0.741. The van der Waals surface area contributed by atoms with Crippen molar-refractivity contribution in [2.24, 2.45) is 0 Å². The second-order valence-electron chi connectivity index (χ2n) is 4.44. The molecule has 21 heavy (non-hydrogen) atoms. The third kappa shape index (κ3) is 4.57. The van der Waals surface area contributed by atoms with E-state index in [9.17, 15) is 9.59 Å². The first-order valence-electron chi connectivity index (χ1n) is 6.31. The van der Waals surface area contributed by atoms with Gasteiger partial charge < -0.3 is 10.4 Å². The summed E-state index contributed by atoms with van der Waals surface area (Å²) in [6.45, 7) is 1.89. The van der Waals surface area contributed by atoms with Crippen LogP contribution in [-0.2, 0) is 4.79 Å². The first-order valence-corrected chi connectivity index (χ1v) is 7.13. The van der Waals surface area contributed by atoms with E-state index in [1.54, 1.807) is 30.5 Å². The van der Waals surface area contributed by atoms with Gasteiger partial charge in [-0.2, -0.15) is 0 Å². The lowest BCUT2D eigenvalue weighted by Gasteiger charge is -2.17. The minimum absolute atomic E-state index is 0.186. The van der Waals surface area contributed by atoms with Crippen molar-refractivity contribution >= 4 is 28.5 Å². The number of carboxylic acids is 1. The van der Waals surface area contributed by atoms with Gasteiger partial charge in [-0.3, -0.25) is 10.1 Å². The first kappa shape index (κ1) is 15.0. The summed E-state index contributed by atoms with van der Waals surface area (Å²) in [5.74, 6) is -0.978. The highest BCUT2D eigenvalue weighted by Gasteiger charge is 2.18. The van der Waals surface area contributed by atoms with Gasteiger partial charge in [0.05, 0.1) is 12.5 Å². The Hall–Kier alpha value is -2.41. The van der Waals surface area contributed by atoms with Gasteiger partial charge in [-0.1, -0.05) is 30.3 Å². The van der Waals surface area contributed by atoms with Gasteiger partial charge in [0.2, 0.25) is 0 Å². The molecule has 0 fully saturated rings. The zero-order valence-electron chi connectivity index (χ0n) is 11.4. The number of urea groups is 1. The number of aromatic nitrogens is 1. The Kier molecular flexibility index (Phi) is 4.89. The van der Waals surface area contributed by atoms with Crippen LogP contribution >= 0.6 is 11.3 Å². The number of anilines is 1. The molecule has 2 amide bonds. The lowest BCUT2D eigenvalue weighted by Crippen LogP contribution is -2.33. The van der Waals surface area contributed by atoms with E-state index in [-0.39, 0.29) is 6.42 Å². The second-order valence-corrected chi connectivity index (χ2v) is 5.67. The van der Waals surface area contributed by atoms with E-state index < -0.39 is 18.0 Å². The number of thiazole rings is 1. The summed E-state index contributed by atoms with van der Waals surface area (Å²) in [6.07, 6.45) is 1.47. The maximum atomic E-state index is 11.9. The maximum Gasteiger partial charge on any atom is 0.321 e. The Labute approximate surface area is 125 Å². The molecular formula is C14H15N3O3S. The highest BCUT2D eigenvalue weighted by Crippen LogP contribution is 2.19. The molecule has 7 heteroatoms. The van der Waals surface area contributed by atoms with Gasteiger partial charge in [-0.15, -0.1) is 11.3 Å². The number of nitrogens with zero attached hydrogens (tertiary/aromatic N) is 1. The van der Waals surface area contributed by atoms with Crippen molar-refractivity contribution in [3.8, 4) is 0 Å². The third-order valence-corrected chi connectivity index (χ3v) is 3.56. The van der Waals surface area contributed by atoms with E-state index in [4.69, 9.17) is 5.11 Å². The molecule has 0 radical (unpaired) electrons. The number of amides is 2. The standard InChI is InChI=1S/C14H15N3O3S/c1-9-8-15-14(21-9)17-13(20)16-11(7-12(18)19)10-5-3-2-4-6-10/h2-6,8,11H,7H2,1H3,(H,18,19)(H2,15,16,17,20). The molecule has 0 bridgehead atoms. The molecule has 1 heterocycles. The SMILES string of the molecule is Cc1cnc(NC(=O)NC(CC(=O)O)c2ccccc2)s1. The number of carbonyl (C=O) groups is 2. The molecule has 110 valence electrons. The Bertz CT molecular complexity index is 627. The van der Waals surface area contributed by atoms with Gasteiger partial charge in [0.25, 0.3) is 0 Å². The summed E-state index contributed by atoms with van der Waals surface area (Å²) in [6, 6.07) is 7.93. The molecule has 3 N–H and O–H groups in total. The lowest BCUT2D eigenvalue weighted by atomic mass is 10.0. The lowest BCUT2D eigenvalue weighted by molar-refractivity contribution is -0.137. The summed E-state index contributed by atoms with van der Waals surface area (Å²) in [4.78, 5) is 27.9. The van der Waals surface area contributed by atoms with E-state index >= 15 is 0 Å². The number of rotatable bonds is 5. The Morgan fingerprint density at radius 3 is 2.62 bits per heavy atom. The number of benzene rings is 1. The van der Waals surface area contributed by atoms with Gasteiger partial charge in [0.15, 0.2) is 5.13 Å². The molecule has 0 saturated carbocycles. The zero-order valence-corrected chi connectivity index (χ0v) is 12.2. The summed E-state index contributed by atoms with van der Waals surface area (Å²) >= 11 is 1.35. The predicted octanol–water partition coefficient (Wildman–Crippen LogP) is 2.79. The molecule has 1 aromatic heterocycles. The fraction of sp³-hybridized carbons (Fsp3) is 0.214. The van der Waals surface area contributed by atoms with Crippen molar-refractivity contribution in [2.75, 3.05) is 5.32 Å². The average molecular weight is 305 g/mol. The largest absolute Gasteiger partial charge is 0.481 e. The molecule has 1 atom stereocenters. The Balaban J connectivity index is 2.04. The zero-order chi connectivity index (χ0) is 15.2. The van der Waals surface area contributed by atoms with Crippen LogP contribution in [0.5, 0.6) is 0 Å². The van der Waals surface area contributed by atoms with E-state index in [1.807, 2.05) is 13.0 Å². The van der Waals surface area contributed by atoms with E-state index in [2.05, 4.69) is 15.6 Å². The molecular weight excluding hydrogens is 290 g/mol. The fourth-order valence-corrected chi connectivity index (χ4v) is 2.48. The van der Waals surface area contributed by atoms with Gasteiger partial charge in [0, 0.05) is 11.1 Å². The van der Waals surface area contributed by atoms with Gasteiger partial charge >= 0.3 is 12.0 Å². The van der Waals surface area contributed by atoms with Crippen molar-refractivity contribution < 1.29 is 14.7 Å². The van der Waals surface area contributed by atoms with Crippen LogP contribution in [0.4, 0.5) is 9.93 Å². The number of nitrogens with one attached hydrogen (secondary N) is 2. The molecule has 6 nitrogen and oxygen atoms in total. The van der Waals surface area contributed by atoms with Crippen LogP contribution in [0.3, 0.4) is 0 Å². The molecule has 2 rings (SSSR count). The predicted molar refractivity (Wildman–Crippen MR) is 80.4 cm³/mol. The van der Waals surface area contributed by atoms with Crippen LogP contribution < -0.4 is 10.6 Å². The number of hydrogen-bond acceptors (Lipinski definition) is 4. The highest BCUT2D eigenvalue weighted by atomic mass is 32.1. The van der Waals surface area contributed by atoms with Gasteiger partial charge in [-0.25, -0.2) is 9.78 Å². The van der Waals surface area contributed by atoms with E-state index in [0.717, 1.165) is 10.4 Å². The normalized spacial score (nSPS) is 11.7. The van der Waals surface area contributed by atoms with Gasteiger partial charge in [0.1, 0.15) is 0 Å². The quantitative estimate of drug-likeness (QED) is 0.792. The van der Waals surface area contributed by atoms with Crippen LogP contribution in [0, 0.1) is 6.92 Å². The molecule has 2 aromatic rings. The minimum Gasteiger partial charge on any atom is -0.481 e. The number of hydrogen-bond donors (Lipinski definition) is 3. The van der Waals surface area contributed by atoms with Crippen molar-refractivity contribution in [2.45, 2.75) is 19.4 Å². The number of carboxylic acid groups (broad SMARTS) is 1. The first-order chi connectivity index (χ1) is 10.0. The summed E-state index contributed by atoms with van der Waals surface area (Å²) in [7, 11) is 0.